The lowest BCUT2D eigenvalue weighted by atomic mass is 10.2. The molecular formula is C22H20N4. The van der Waals surface area contributed by atoms with E-state index >= 15 is 0 Å². The van der Waals surface area contributed by atoms with Gasteiger partial charge in [-0.25, -0.2) is 4.98 Å². The van der Waals surface area contributed by atoms with Gasteiger partial charge in [0.15, 0.2) is 5.82 Å². The van der Waals surface area contributed by atoms with Crippen molar-refractivity contribution in [1.82, 2.24) is 15.0 Å². The van der Waals surface area contributed by atoms with Crippen molar-refractivity contribution in [2.75, 3.05) is 4.90 Å². The quantitative estimate of drug-likeness (QED) is 0.575. The van der Waals surface area contributed by atoms with Crippen molar-refractivity contribution >= 4 is 11.6 Å². The highest BCUT2D eigenvalue weighted by Gasteiger charge is 2.17. The predicted octanol–water partition coefficient (Wildman–Crippen LogP) is 5.24. The minimum absolute atomic E-state index is 0.538. The van der Waals surface area contributed by atoms with Gasteiger partial charge in [0.05, 0.1) is 0 Å². The van der Waals surface area contributed by atoms with Gasteiger partial charge >= 0.3 is 0 Å². The Bertz CT molecular complexity index is 931. The van der Waals surface area contributed by atoms with E-state index < -0.39 is 0 Å². The van der Waals surface area contributed by atoms with E-state index in [0.29, 0.717) is 17.6 Å². The number of nitrogens with zero attached hydrogens (tertiary/aromatic N) is 4. The lowest BCUT2D eigenvalue weighted by Gasteiger charge is -2.24. The van der Waals surface area contributed by atoms with Crippen LogP contribution in [0.15, 0.2) is 97.7 Å². The molecule has 4 heteroatoms. The Hall–Kier alpha value is -3.53. The molecule has 1 heterocycles. The van der Waals surface area contributed by atoms with E-state index in [2.05, 4.69) is 23.1 Å². The summed E-state index contributed by atoms with van der Waals surface area (Å²) in [7, 11) is 0. The highest BCUT2D eigenvalue weighted by atomic mass is 15.3. The molecule has 0 amide bonds. The largest absolute Gasteiger partial charge is 0.279 e. The molecule has 0 spiro atoms. The second-order valence-corrected chi connectivity index (χ2v) is 5.57. The van der Waals surface area contributed by atoms with Gasteiger partial charge in [-0.3, -0.25) is 4.90 Å². The molecular weight excluding hydrogens is 320 g/mol. The van der Waals surface area contributed by atoms with Crippen LogP contribution < -0.4 is 4.90 Å². The summed E-state index contributed by atoms with van der Waals surface area (Å²) < 4.78 is 0. The Kier molecular flexibility index (Phi) is 5.34. The van der Waals surface area contributed by atoms with Crippen molar-refractivity contribution in [3.63, 3.8) is 0 Å². The van der Waals surface area contributed by atoms with Crippen LogP contribution in [0.2, 0.25) is 0 Å². The zero-order valence-corrected chi connectivity index (χ0v) is 14.7. The third-order valence-corrected chi connectivity index (χ3v) is 3.74. The lowest BCUT2D eigenvalue weighted by molar-refractivity contribution is 0.948. The molecule has 0 bridgehead atoms. The molecule has 0 aliphatic rings. The molecule has 0 unspecified atom stereocenters. The van der Waals surface area contributed by atoms with Crippen molar-refractivity contribution in [3.8, 4) is 11.4 Å². The van der Waals surface area contributed by atoms with Crippen LogP contribution in [-0.2, 0) is 0 Å². The smallest absolute Gasteiger partial charge is 0.238 e. The third kappa shape index (κ3) is 3.75. The maximum atomic E-state index is 4.71. The van der Waals surface area contributed by atoms with Crippen molar-refractivity contribution in [2.24, 2.45) is 0 Å². The highest BCUT2D eigenvalue weighted by Crippen LogP contribution is 2.28. The van der Waals surface area contributed by atoms with Crippen molar-refractivity contribution < 1.29 is 0 Å². The van der Waals surface area contributed by atoms with Crippen LogP contribution in [0, 0.1) is 6.92 Å². The molecule has 2 aromatic carbocycles. The van der Waals surface area contributed by atoms with E-state index in [1.165, 1.54) is 0 Å². The highest BCUT2D eigenvalue weighted by molar-refractivity contribution is 5.67. The summed E-state index contributed by atoms with van der Waals surface area (Å²) in [6.07, 6.45) is 5.36. The first-order chi connectivity index (χ1) is 12.7. The fourth-order valence-corrected chi connectivity index (χ4v) is 2.60. The zero-order valence-electron chi connectivity index (χ0n) is 14.7. The van der Waals surface area contributed by atoms with Crippen LogP contribution in [0.3, 0.4) is 0 Å². The fourth-order valence-electron chi connectivity index (χ4n) is 2.60. The first kappa shape index (κ1) is 17.3. The number of para-hydroxylation sites is 1. The van der Waals surface area contributed by atoms with Gasteiger partial charge in [0.1, 0.15) is 5.82 Å². The zero-order chi connectivity index (χ0) is 18.4. The van der Waals surface area contributed by atoms with Crippen molar-refractivity contribution in [1.29, 1.82) is 0 Å². The first-order valence-electron chi connectivity index (χ1n) is 8.31. The summed E-state index contributed by atoms with van der Waals surface area (Å²) in [5.41, 5.74) is 2.71. The van der Waals surface area contributed by atoms with E-state index in [-0.39, 0.29) is 0 Å². The Morgan fingerprint density at radius 3 is 2.15 bits per heavy atom. The number of aryl methyl sites for hydroxylation is 1. The topological polar surface area (TPSA) is 41.9 Å². The number of hydrogen-bond acceptors (Lipinski definition) is 4. The third-order valence-electron chi connectivity index (χ3n) is 3.74. The summed E-state index contributed by atoms with van der Waals surface area (Å²) in [5, 5.41) is 0. The Morgan fingerprint density at radius 2 is 1.54 bits per heavy atom. The van der Waals surface area contributed by atoms with Crippen LogP contribution in [0.5, 0.6) is 0 Å². The SMILES string of the molecule is C=C/C=C(\C=C)N(c1ccccc1)c1nc(C)nc(-c2ccccc2)n1. The number of anilines is 2. The van der Waals surface area contributed by atoms with Crippen molar-refractivity contribution in [2.45, 2.75) is 6.92 Å². The summed E-state index contributed by atoms with van der Waals surface area (Å²) in [6, 6.07) is 19.8. The minimum atomic E-state index is 0.538. The molecule has 0 radical (unpaired) electrons. The van der Waals surface area contributed by atoms with Crippen LogP contribution in [-0.4, -0.2) is 15.0 Å². The van der Waals surface area contributed by atoms with Gasteiger partial charge in [-0.05, 0) is 31.2 Å². The van der Waals surface area contributed by atoms with Gasteiger partial charge in [0, 0.05) is 16.9 Å². The Labute approximate surface area is 153 Å². The number of aromatic nitrogens is 3. The number of rotatable bonds is 6. The van der Waals surface area contributed by atoms with Crippen LogP contribution >= 0.6 is 0 Å². The Balaban J connectivity index is 2.18. The second kappa shape index (κ2) is 8.03. The van der Waals surface area contributed by atoms with Crippen molar-refractivity contribution in [3.05, 3.63) is 104 Å². The van der Waals surface area contributed by atoms with E-state index in [9.17, 15) is 0 Å². The molecule has 1 aromatic heterocycles. The van der Waals surface area contributed by atoms with Gasteiger partial charge in [0.25, 0.3) is 0 Å². The second-order valence-electron chi connectivity index (χ2n) is 5.57. The Morgan fingerprint density at radius 1 is 0.885 bits per heavy atom. The monoisotopic (exact) mass is 340 g/mol. The maximum Gasteiger partial charge on any atom is 0.238 e. The maximum absolute atomic E-state index is 4.71. The van der Waals surface area contributed by atoms with Gasteiger partial charge in [0.2, 0.25) is 5.95 Å². The van der Waals surface area contributed by atoms with E-state index in [1.807, 2.05) is 78.6 Å². The van der Waals surface area contributed by atoms with E-state index in [1.54, 1.807) is 12.2 Å². The number of hydrogen-bond donors (Lipinski definition) is 0. The summed E-state index contributed by atoms with van der Waals surface area (Å²) in [4.78, 5) is 15.7. The lowest BCUT2D eigenvalue weighted by Crippen LogP contribution is -2.19. The predicted molar refractivity (Wildman–Crippen MR) is 107 cm³/mol. The minimum Gasteiger partial charge on any atom is -0.279 e. The molecule has 0 saturated heterocycles. The van der Waals surface area contributed by atoms with Gasteiger partial charge in [-0.1, -0.05) is 67.8 Å². The molecule has 3 aromatic rings. The van der Waals surface area contributed by atoms with Crippen LogP contribution in [0.4, 0.5) is 11.6 Å². The fraction of sp³-hybridized carbons (Fsp3) is 0.0455. The molecule has 0 saturated carbocycles. The molecule has 4 nitrogen and oxygen atoms in total. The molecule has 128 valence electrons. The van der Waals surface area contributed by atoms with E-state index in [4.69, 9.17) is 4.98 Å². The average molecular weight is 340 g/mol. The summed E-state index contributed by atoms with van der Waals surface area (Å²) in [5.74, 6) is 1.82. The standard InChI is InChI=1S/C22H20N4/c1-4-12-19(5-2)26(20-15-10-7-11-16-20)22-24-17(3)23-21(25-22)18-13-8-6-9-14-18/h4-16H,1-2H2,3H3/b19-12+. The first-order valence-corrected chi connectivity index (χ1v) is 8.31. The van der Waals surface area contributed by atoms with Crippen LogP contribution in [0.1, 0.15) is 5.82 Å². The molecule has 0 aliphatic carbocycles. The molecule has 0 atom stereocenters. The average Bonchev–Trinajstić information content (AvgIpc) is 2.68. The van der Waals surface area contributed by atoms with Gasteiger partial charge < -0.3 is 0 Å². The molecule has 0 N–H and O–H groups in total. The van der Waals surface area contributed by atoms with Gasteiger partial charge in [-0.2, -0.15) is 9.97 Å². The summed E-state index contributed by atoms with van der Waals surface area (Å²) in [6.45, 7) is 9.59. The summed E-state index contributed by atoms with van der Waals surface area (Å²) >= 11 is 0. The molecule has 3 rings (SSSR count). The van der Waals surface area contributed by atoms with Gasteiger partial charge in [-0.15, -0.1) is 0 Å². The molecule has 0 fully saturated rings. The normalized spacial score (nSPS) is 11.0. The molecule has 0 aliphatic heterocycles. The van der Waals surface area contributed by atoms with E-state index in [0.717, 1.165) is 16.9 Å². The number of benzene rings is 2. The van der Waals surface area contributed by atoms with Crippen LogP contribution in [0.25, 0.3) is 11.4 Å². The number of allylic oxidation sites excluding steroid dienone is 3. The molecule has 26 heavy (non-hydrogen) atoms.